The topological polar surface area (TPSA) is 38.1 Å². The van der Waals surface area contributed by atoms with Crippen LogP contribution in [0, 0.1) is 0 Å². The lowest BCUT2D eigenvalue weighted by Crippen LogP contribution is -2.37. The predicted octanol–water partition coefficient (Wildman–Crippen LogP) is 1.50. The summed E-state index contributed by atoms with van der Waals surface area (Å²) in [6.07, 6.45) is 7.96. The molecule has 4 heteroatoms. The lowest BCUT2D eigenvalue weighted by Gasteiger charge is -2.25. The zero-order valence-electron chi connectivity index (χ0n) is 8.18. The molecule has 1 aliphatic rings. The first kappa shape index (κ1) is 8.99. The summed E-state index contributed by atoms with van der Waals surface area (Å²) in [7, 11) is 0. The van der Waals surface area contributed by atoms with Crippen molar-refractivity contribution in [1.82, 2.24) is 14.5 Å². The van der Waals surface area contributed by atoms with E-state index in [4.69, 9.17) is 0 Å². The summed E-state index contributed by atoms with van der Waals surface area (Å²) in [6, 6.07) is 0.00921. The number of imidazole rings is 1. The highest BCUT2D eigenvalue weighted by atomic mass is 16.2. The zero-order valence-corrected chi connectivity index (χ0v) is 8.18. The molecule has 0 atom stereocenters. The fourth-order valence-electron chi connectivity index (χ4n) is 1.61. The van der Waals surface area contributed by atoms with Gasteiger partial charge in [0.1, 0.15) is 6.33 Å². The molecule has 14 heavy (non-hydrogen) atoms. The van der Waals surface area contributed by atoms with Gasteiger partial charge in [-0.1, -0.05) is 11.6 Å². The van der Waals surface area contributed by atoms with Crippen molar-refractivity contribution in [2.24, 2.45) is 0 Å². The molecule has 0 aliphatic carbocycles. The van der Waals surface area contributed by atoms with E-state index in [1.54, 1.807) is 12.4 Å². The van der Waals surface area contributed by atoms with Gasteiger partial charge in [0.05, 0.1) is 0 Å². The minimum Gasteiger partial charge on any atom is -0.320 e. The van der Waals surface area contributed by atoms with E-state index in [-0.39, 0.29) is 6.03 Å². The first-order valence-corrected chi connectivity index (χ1v) is 4.70. The quantitative estimate of drug-likeness (QED) is 0.583. The molecule has 0 aromatic carbocycles. The van der Waals surface area contributed by atoms with Crippen molar-refractivity contribution >= 4 is 6.03 Å². The van der Waals surface area contributed by atoms with Gasteiger partial charge < -0.3 is 4.90 Å². The van der Waals surface area contributed by atoms with E-state index in [1.165, 1.54) is 16.5 Å². The second-order valence-electron chi connectivity index (χ2n) is 3.51. The Bertz CT molecular complexity index is 353. The molecular weight excluding hydrogens is 178 g/mol. The normalized spacial score (nSPS) is 16.6. The summed E-state index contributed by atoms with van der Waals surface area (Å²) in [5.41, 5.74) is 1.25. The number of hydrogen-bond donors (Lipinski definition) is 0. The third-order valence-electron chi connectivity index (χ3n) is 2.33. The van der Waals surface area contributed by atoms with Gasteiger partial charge in [0.25, 0.3) is 0 Å². The fourth-order valence-corrected chi connectivity index (χ4v) is 1.61. The number of nitrogens with zero attached hydrogens (tertiary/aromatic N) is 3. The summed E-state index contributed by atoms with van der Waals surface area (Å²) in [5, 5.41) is 0. The highest BCUT2D eigenvalue weighted by molar-refractivity contribution is 5.77. The van der Waals surface area contributed by atoms with Crippen LogP contribution in [-0.4, -0.2) is 33.6 Å². The van der Waals surface area contributed by atoms with E-state index in [9.17, 15) is 4.79 Å². The maximum absolute atomic E-state index is 11.8. The molecule has 4 nitrogen and oxygen atoms in total. The summed E-state index contributed by atoms with van der Waals surface area (Å²) in [4.78, 5) is 17.5. The average Bonchev–Trinajstić information content (AvgIpc) is 2.69. The van der Waals surface area contributed by atoms with Gasteiger partial charge in [0, 0.05) is 25.5 Å². The Kier molecular flexibility index (Phi) is 2.35. The zero-order chi connectivity index (χ0) is 9.97. The van der Waals surface area contributed by atoms with Gasteiger partial charge in [-0.2, -0.15) is 0 Å². The lowest BCUT2D eigenvalue weighted by molar-refractivity contribution is 0.202. The second-order valence-corrected chi connectivity index (χ2v) is 3.51. The molecule has 0 N–H and O–H groups in total. The van der Waals surface area contributed by atoms with E-state index < -0.39 is 0 Å². The maximum Gasteiger partial charge on any atom is 0.329 e. The van der Waals surface area contributed by atoms with Crippen LogP contribution in [0.25, 0.3) is 0 Å². The minimum atomic E-state index is 0.00921. The molecule has 0 fully saturated rings. The van der Waals surface area contributed by atoms with Crippen molar-refractivity contribution in [1.29, 1.82) is 0 Å². The molecule has 1 aliphatic heterocycles. The molecule has 0 bridgehead atoms. The Balaban J connectivity index is 2.10. The van der Waals surface area contributed by atoms with Crippen molar-refractivity contribution in [3.8, 4) is 0 Å². The lowest BCUT2D eigenvalue weighted by atomic mass is 10.1. The second kappa shape index (κ2) is 3.65. The molecule has 2 rings (SSSR count). The minimum absolute atomic E-state index is 0.00921. The number of carbonyl (C=O) groups is 1. The fraction of sp³-hybridized carbons (Fsp3) is 0.400. The Morgan fingerprint density at radius 1 is 1.57 bits per heavy atom. The van der Waals surface area contributed by atoms with Gasteiger partial charge in [-0.25, -0.2) is 9.78 Å². The van der Waals surface area contributed by atoms with Crippen LogP contribution in [0.4, 0.5) is 4.79 Å². The predicted molar refractivity (Wildman–Crippen MR) is 53.0 cm³/mol. The first-order valence-electron chi connectivity index (χ1n) is 4.70. The van der Waals surface area contributed by atoms with Gasteiger partial charge >= 0.3 is 6.03 Å². The number of rotatable bonds is 0. The van der Waals surface area contributed by atoms with Crippen molar-refractivity contribution in [2.75, 3.05) is 13.1 Å². The molecule has 0 spiro atoms. The van der Waals surface area contributed by atoms with Crippen molar-refractivity contribution in [3.63, 3.8) is 0 Å². The largest absolute Gasteiger partial charge is 0.329 e. The number of amides is 1. The van der Waals surface area contributed by atoms with Crippen LogP contribution in [0.3, 0.4) is 0 Å². The molecule has 1 amide bonds. The molecule has 0 saturated carbocycles. The Hall–Kier alpha value is -1.58. The molecule has 74 valence electrons. The summed E-state index contributed by atoms with van der Waals surface area (Å²) in [6.45, 7) is 3.58. The first-order chi connectivity index (χ1) is 6.77. The van der Waals surface area contributed by atoms with Gasteiger partial charge in [-0.05, 0) is 13.3 Å². The van der Waals surface area contributed by atoms with Gasteiger partial charge in [-0.15, -0.1) is 0 Å². The highest BCUT2D eigenvalue weighted by Crippen LogP contribution is 2.09. The van der Waals surface area contributed by atoms with Crippen LogP contribution in [-0.2, 0) is 0 Å². The van der Waals surface area contributed by atoms with Crippen LogP contribution in [0.2, 0.25) is 0 Å². The Labute approximate surface area is 82.9 Å². The van der Waals surface area contributed by atoms with Gasteiger partial charge in [0.2, 0.25) is 0 Å². The summed E-state index contributed by atoms with van der Waals surface area (Å²) >= 11 is 0. The van der Waals surface area contributed by atoms with Crippen LogP contribution in [0.1, 0.15) is 13.3 Å². The SMILES string of the molecule is CC1=CCCN(C(=O)n2ccnc2)C1. The van der Waals surface area contributed by atoms with Crippen LogP contribution in [0.5, 0.6) is 0 Å². The average molecular weight is 191 g/mol. The molecule has 1 aromatic rings. The molecule has 0 saturated heterocycles. The molecule has 1 aromatic heterocycles. The van der Waals surface area contributed by atoms with Crippen LogP contribution >= 0.6 is 0 Å². The van der Waals surface area contributed by atoms with E-state index in [2.05, 4.69) is 11.1 Å². The van der Waals surface area contributed by atoms with Gasteiger partial charge in [-0.3, -0.25) is 4.57 Å². The van der Waals surface area contributed by atoms with E-state index in [0.29, 0.717) is 0 Å². The summed E-state index contributed by atoms with van der Waals surface area (Å²) in [5.74, 6) is 0. The Morgan fingerprint density at radius 3 is 3.07 bits per heavy atom. The molecule has 0 radical (unpaired) electrons. The number of hydrogen-bond acceptors (Lipinski definition) is 2. The van der Waals surface area contributed by atoms with Crippen molar-refractivity contribution < 1.29 is 4.79 Å². The number of aromatic nitrogens is 2. The van der Waals surface area contributed by atoms with Gasteiger partial charge in [0.15, 0.2) is 0 Å². The Morgan fingerprint density at radius 2 is 2.43 bits per heavy atom. The highest BCUT2D eigenvalue weighted by Gasteiger charge is 2.17. The molecular formula is C10H13N3O. The van der Waals surface area contributed by atoms with Crippen molar-refractivity contribution in [2.45, 2.75) is 13.3 Å². The maximum atomic E-state index is 11.8. The smallest absolute Gasteiger partial charge is 0.320 e. The number of carbonyl (C=O) groups excluding carboxylic acids is 1. The molecule has 0 unspecified atom stereocenters. The van der Waals surface area contributed by atoms with E-state index in [0.717, 1.165) is 19.5 Å². The van der Waals surface area contributed by atoms with E-state index >= 15 is 0 Å². The third-order valence-corrected chi connectivity index (χ3v) is 2.33. The van der Waals surface area contributed by atoms with Crippen molar-refractivity contribution in [3.05, 3.63) is 30.4 Å². The standard InChI is InChI=1S/C10H13N3O/c1-9-3-2-5-12(7-9)10(14)13-6-4-11-8-13/h3-4,6,8H,2,5,7H2,1H3. The van der Waals surface area contributed by atoms with Crippen LogP contribution in [0.15, 0.2) is 30.4 Å². The summed E-state index contributed by atoms with van der Waals surface area (Å²) < 4.78 is 1.51. The van der Waals surface area contributed by atoms with Crippen LogP contribution < -0.4 is 0 Å². The monoisotopic (exact) mass is 191 g/mol. The third kappa shape index (κ3) is 1.69. The molecule has 2 heterocycles. The van der Waals surface area contributed by atoms with E-state index in [1.807, 2.05) is 11.8 Å².